The first kappa shape index (κ1) is 21.3. The third-order valence-corrected chi connectivity index (χ3v) is 5.95. The summed E-state index contributed by atoms with van der Waals surface area (Å²) in [5.41, 5.74) is 0.977. The van der Waals surface area contributed by atoms with Crippen LogP contribution in [0.4, 0.5) is 5.69 Å². The molecule has 0 aromatic heterocycles. The molecule has 0 aliphatic carbocycles. The number of benzene rings is 3. The van der Waals surface area contributed by atoms with Crippen molar-refractivity contribution in [2.75, 3.05) is 0 Å². The summed E-state index contributed by atoms with van der Waals surface area (Å²) >= 11 is 0. The van der Waals surface area contributed by atoms with Gasteiger partial charge in [0.2, 0.25) is 0 Å². The average Bonchev–Trinajstić information content (AvgIpc) is 2.82. The van der Waals surface area contributed by atoms with Crippen molar-refractivity contribution in [1.82, 2.24) is 0 Å². The fraction of sp³-hybridized carbons (Fsp3) is 0.192. The van der Waals surface area contributed by atoms with Crippen LogP contribution in [0.5, 0.6) is 0 Å². The molecule has 0 radical (unpaired) electrons. The SMILES string of the molecule is CCC1C(O)=C(Cc2cccc([N+](=O)[O-])c2)C(=O)OC1(c1ccccc1)c1ccccc1. The number of carbonyl (C=O) groups excluding carboxylic acids is 1. The standard InChI is InChI=1S/C26H23NO5/c1-2-23-24(28)22(17-18-10-9-15-21(16-18)27(30)31)25(29)32-26(23,19-11-5-3-6-12-19)20-13-7-4-8-14-20/h3-16,23,28H,2,17H2,1H3. The van der Waals surface area contributed by atoms with Gasteiger partial charge in [0.05, 0.1) is 16.4 Å². The van der Waals surface area contributed by atoms with Gasteiger partial charge in [0.1, 0.15) is 5.76 Å². The van der Waals surface area contributed by atoms with Gasteiger partial charge in [0, 0.05) is 29.7 Å². The van der Waals surface area contributed by atoms with E-state index >= 15 is 0 Å². The van der Waals surface area contributed by atoms with Gasteiger partial charge >= 0.3 is 5.97 Å². The van der Waals surface area contributed by atoms with Crippen LogP contribution in [0.15, 0.2) is 96.3 Å². The predicted molar refractivity (Wildman–Crippen MR) is 120 cm³/mol. The molecule has 3 aromatic carbocycles. The van der Waals surface area contributed by atoms with Crippen molar-refractivity contribution in [1.29, 1.82) is 0 Å². The number of nitro benzene ring substituents is 1. The fourth-order valence-corrected chi connectivity index (χ4v) is 4.47. The highest BCUT2D eigenvalue weighted by Crippen LogP contribution is 2.49. The number of cyclic esters (lactones) is 1. The van der Waals surface area contributed by atoms with Crippen LogP contribution in [0.2, 0.25) is 0 Å². The number of non-ortho nitro benzene ring substituents is 1. The van der Waals surface area contributed by atoms with Crippen LogP contribution in [0.3, 0.4) is 0 Å². The first-order valence-corrected chi connectivity index (χ1v) is 10.5. The normalized spacial score (nSPS) is 17.7. The van der Waals surface area contributed by atoms with Crippen LogP contribution in [0.25, 0.3) is 0 Å². The third-order valence-electron chi connectivity index (χ3n) is 5.95. The van der Waals surface area contributed by atoms with Crippen molar-refractivity contribution in [2.24, 2.45) is 5.92 Å². The second kappa shape index (κ2) is 8.67. The molecule has 4 rings (SSSR count). The lowest BCUT2D eigenvalue weighted by atomic mass is 9.71. The number of hydrogen-bond donors (Lipinski definition) is 1. The lowest BCUT2D eigenvalue weighted by molar-refractivity contribution is -0.384. The van der Waals surface area contributed by atoms with E-state index in [4.69, 9.17) is 4.74 Å². The summed E-state index contributed by atoms with van der Waals surface area (Å²) in [4.78, 5) is 23.9. The number of rotatable bonds is 6. The lowest BCUT2D eigenvalue weighted by Crippen LogP contribution is -2.46. The third kappa shape index (κ3) is 3.64. The Hall–Kier alpha value is -3.93. The number of nitrogens with zero attached hydrogens (tertiary/aromatic N) is 1. The van der Waals surface area contributed by atoms with Gasteiger partial charge in [-0.1, -0.05) is 79.7 Å². The fourth-order valence-electron chi connectivity index (χ4n) is 4.47. The smallest absolute Gasteiger partial charge is 0.339 e. The average molecular weight is 429 g/mol. The molecule has 1 heterocycles. The minimum atomic E-state index is -1.18. The number of carbonyl (C=O) groups is 1. The zero-order chi connectivity index (χ0) is 22.7. The summed E-state index contributed by atoms with van der Waals surface area (Å²) in [6.45, 7) is 1.94. The summed E-state index contributed by atoms with van der Waals surface area (Å²) in [6.07, 6.45) is 0.559. The second-order valence-electron chi connectivity index (χ2n) is 7.79. The Labute approximate surface area is 185 Å². The molecule has 0 amide bonds. The largest absolute Gasteiger partial charge is 0.511 e. The van der Waals surface area contributed by atoms with E-state index < -0.39 is 22.4 Å². The van der Waals surface area contributed by atoms with Gasteiger partial charge in [0.15, 0.2) is 5.60 Å². The van der Waals surface area contributed by atoms with Gasteiger partial charge in [-0.25, -0.2) is 4.79 Å². The number of nitro groups is 1. The maximum absolute atomic E-state index is 13.3. The summed E-state index contributed by atoms with van der Waals surface area (Å²) in [5, 5.41) is 22.5. The van der Waals surface area contributed by atoms with Crippen LogP contribution in [-0.2, 0) is 21.6 Å². The summed E-state index contributed by atoms with van der Waals surface area (Å²) in [7, 11) is 0. The molecule has 0 saturated carbocycles. The Morgan fingerprint density at radius 2 is 1.56 bits per heavy atom. The second-order valence-corrected chi connectivity index (χ2v) is 7.79. The molecule has 3 aromatic rings. The van der Waals surface area contributed by atoms with Crippen LogP contribution >= 0.6 is 0 Å². The summed E-state index contributed by atoms with van der Waals surface area (Å²) in [6, 6.07) is 24.9. The van der Waals surface area contributed by atoms with Crippen molar-refractivity contribution in [2.45, 2.75) is 25.4 Å². The van der Waals surface area contributed by atoms with E-state index in [1.54, 1.807) is 12.1 Å². The van der Waals surface area contributed by atoms with Crippen molar-refractivity contribution in [3.8, 4) is 0 Å². The number of aliphatic hydroxyl groups is 1. The van der Waals surface area contributed by atoms with E-state index in [-0.39, 0.29) is 23.4 Å². The van der Waals surface area contributed by atoms with Gasteiger partial charge in [-0.3, -0.25) is 10.1 Å². The molecular formula is C26H23NO5. The molecule has 0 spiro atoms. The molecule has 0 bridgehead atoms. The maximum Gasteiger partial charge on any atom is 0.339 e. The van der Waals surface area contributed by atoms with Crippen LogP contribution in [-0.4, -0.2) is 16.0 Å². The minimum absolute atomic E-state index is 0.0389. The molecule has 1 atom stereocenters. The molecule has 6 heteroatoms. The molecule has 162 valence electrons. The number of hydrogen-bond acceptors (Lipinski definition) is 5. The van der Waals surface area contributed by atoms with E-state index in [1.807, 2.05) is 67.6 Å². The molecule has 0 fully saturated rings. The zero-order valence-electron chi connectivity index (χ0n) is 17.6. The maximum atomic E-state index is 13.3. The Balaban J connectivity index is 1.85. The molecule has 1 unspecified atom stereocenters. The first-order chi connectivity index (χ1) is 15.5. The van der Waals surface area contributed by atoms with Gasteiger partial charge in [-0.05, 0) is 12.0 Å². The molecule has 1 aliphatic rings. The van der Waals surface area contributed by atoms with E-state index in [9.17, 15) is 20.0 Å². The molecule has 1 aliphatic heterocycles. The Kier molecular flexibility index (Phi) is 5.77. The minimum Gasteiger partial charge on any atom is -0.511 e. The van der Waals surface area contributed by atoms with Gasteiger partial charge in [-0.2, -0.15) is 0 Å². The van der Waals surface area contributed by atoms with Crippen LogP contribution in [0.1, 0.15) is 30.0 Å². The molecule has 32 heavy (non-hydrogen) atoms. The highest BCUT2D eigenvalue weighted by atomic mass is 16.6. The summed E-state index contributed by atoms with van der Waals surface area (Å²) in [5.74, 6) is -1.19. The van der Waals surface area contributed by atoms with Crippen molar-refractivity contribution in [3.63, 3.8) is 0 Å². The summed E-state index contributed by atoms with van der Waals surface area (Å²) < 4.78 is 6.19. The lowest BCUT2D eigenvalue weighted by Gasteiger charge is -2.44. The van der Waals surface area contributed by atoms with Crippen LogP contribution in [0, 0.1) is 16.0 Å². The highest BCUT2D eigenvalue weighted by molar-refractivity contribution is 5.91. The van der Waals surface area contributed by atoms with Gasteiger partial charge in [0.25, 0.3) is 5.69 Å². The van der Waals surface area contributed by atoms with E-state index in [1.165, 1.54) is 12.1 Å². The zero-order valence-corrected chi connectivity index (χ0v) is 17.6. The molecule has 1 N–H and O–H groups in total. The van der Waals surface area contributed by atoms with Gasteiger partial charge < -0.3 is 9.84 Å². The van der Waals surface area contributed by atoms with E-state index in [2.05, 4.69) is 0 Å². The molecule has 0 saturated heterocycles. The van der Waals surface area contributed by atoms with Crippen molar-refractivity contribution in [3.05, 3.63) is 123 Å². The van der Waals surface area contributed by atoms with Crippen LogP contribution < -0.4 is 0 Å². The number of esters is 1. The van der Waals surface area contributed by atoms with Crippen molar-refractivity contribution >= 4 is 11.7 Å². The van der Waals surface area contributed by atoms with Crippen molar-refractivity contribution < 1.29 is 19.6 Å². The quantitative estimate of drug-likeness (QED) is 0.319. The Bertz CT molecular complexity index is 1130. The van der Waals surface area contributed by atoms with E-state index in [0.29, 0.717) is 12.0 Å². The topological polar surface area (TPSA) is 89.7 Å². The first-order valence-electron chi connectivity index (χ1n) is 10.5. The number of aliphatic hydroxyl groups excluding tert-OH is 1. The van der Waals surface area contributed by atoms with E-state index in [0.717, 1.165) is 11.1 Å². The monoisotopic (exact) mass is 429 g/mol. The number of ether oxygens (including phenoxy) is 1. The molecular weight excluding hydrogens is 406 g/mol. The predicted octanol–water partition coefficient (Wildman–Crippen LogP) is 5.48. The highest BCUT2D eigenvalue weighted by Gasteiger charge is 2.51. The Morgan fingerprint density at radius 1 is 0.969 bits per heavy atom. The Morgan fingerprint density at radius 3 is 2.09 bits per heavy atom. The molecule has 6 nitrogen and oxygen atoms in total. The van der Waals surface area contributed by atoms with Gasteiger partial charge in [-0.15, -0.1) is 0 Å².